The van der Waals surface area contributed by atoms with Gasteiger partial charge in [-0.1, -0.05) is 134 Å². The Bertz CT molecular complexity index is 786. The molecule has 134 valence electrons. The van der Waals surface area contributed by atoms with Gasteiger partial charge in [0.15, 0.2) is 0 Å². The Morgan fingerprint density at radius 1 is 0.500 bits per heavy atom. The predicted molar refractivity (Wildman–Crippen MR) is 121 cm³/mol. The maximum absolute atomic E-state index is 2.56. The molecule has 0 aliphatic carbocycles. The molecule has 0 N–H and O–H groups in total. The Hall–Kier alpha value is -1.91. The van der Waals surface area contributed by atoms with E-state index in [0.29, 0.717) is 0 Å². The molecule has 0 aromatic heterocycles. The van der Waals surface area contributed by atoms with Crippen molar-refractivity contribution in [1.29, 1.82) is 0 Å². The Balaban J connectivity index is 2.28. The van der Waals surface area contributed by atoms with Crippen LogP contribution < -0.4 is 10.4 Å². The standard InChI is InChI=1S/C24H30Si2/c1-24(21-15-9-6-10-16-21,25(2,3)22-17-11-7-12-18-22)26(4,5)23-19-13-8-14-20-23/h6-20H,1-5H3. The van der Waals surface area contributed by atoms with Gasteiger partial charge < -0.3 is 0 Å². The van der Waals surface area contributed by atoms with Gasteiger partial charge >= 0.3 is 0 Å². The Labute approximate surface area is 160 Å². The highest BCUT2D eigenvalue weighted by Crippen LogP contribution is 2.41. The first-order valence-electron chi connectivity index (χ1n) is 9.48. The zero-order valence-corrected chi connectivity index (χ0v) is 18.7. The van der Waals surface area contributed by atoms with Crippen molar-refractivity contribution in [3.63, 3.8) is 0 Å². The summed E-state index contributed by atoms with van der Waals surface area (Å²) in [5.41, 5.74) is 1.50. The molecule has 0 aliphatic heterocycles. The summed E-state index contributed by atoms with van der Waals surface area (Å²) in [7, 11) is -3.66. The molecule has 0 heterocycles. The Kier molecular flexibility index (Phi) is 5.09. The molecular formula is C24H30Si2. The van der Waals surface area contributed by atoms with E-state index < -0.39 is 16.1 Å². The van der Waals surface area contributed by atoms with E-state index in [2.05, 4.69) is 124 Å². The summed E-state index contributed by atoms with van der Waals surface area (Å²) in [5.74, 6) is 0. The molecule has 0 saturated carbocycles. The quantitative estimate of drug-likeness (QED) is 0.535. The maximum Gasteiger partial charge on any atom is 0.0884 e. The summed E-state index contributed by atoms with van der Waals surface area (Å²) in [6.07, 6.45) is 0. The molecule has 3 aromatic carbocycles. The van der Waals surface area contributed by atoms with E-state index in [9.17, 15) is 0 Å². The first-order valence-corrected chi connectivity index (χ1v) is 15.5. The van der Waals surface area contributed by atoms with Crippen LogP contribution in [0.1, 0.15) is 12.5 Å². The smallest absolute Gasteiger partial charge is 0.0650 e. The normalized spacial score (nSPS) is 12.8. The second-order valence-electron chi connectivity index (χ2n) is 8.47. The lowest BCUT2D eigenvalue weighted by molar-refractivity contribution is 0.875. The van der Waals surface area contributed by atoms with Gasteiger partial charge in [0.05, 0.1) is 16.1 Å². The van der Waals surface area contributed by atoms with E-state index in [1.165, 1.54) is 5.56 Å². The average molecular weight is 375 g/mol. The fourth-order valence-corrected chi connectivity index (χ4v) is 16.7. The van der Waals surface area contributed by atoms with Crippen LogP contribution in [0.15, 0.2) is 91.0 Å². The van der Waals surface area contributed by atoms with Gasteiger partial charge in [-0.25, -0.2) is 0 Å². The van der Waals surface area contributed by atoms with Crippen LogP contribution in [0.2, 0.25) is 26.2 Å². The third-order valence-electron chi connectivity index (χ3n) is 6.84. The summed E-state index contributed by atoms with van der Waals surface area (Å²) in [5, 5.41) is 3.09. The lowest BCUT2D eigenvalue weighted by atomic mass is 10.1. The van der Waals surface area contributed by atoms with Gasteiger partial charge in [0, 0.05) is 0 Å². The highest BCUT2D eigenvalue weighted by Gasteiger charge is 2.56. The molecule has 0 aliphatic rings. The molecule has 3 rings (SSSR count). The van der Waals surface area contributed by atoms with Crippen LogP contribution >= 0.6 is 0 Å². The van der Waals surface area contributed by atoms with E-state index in [-0.39, 0.29) is 4.66 Å². The van der Waals surface area contributed by atoms with E-state index in [4.69, 9.17) is 0 Å². The summed E-state index contributed by atoms with van der Waals surface area (Å²) >= 11 is 0. The van der Waals surface area contributed by atoms with Gasteiger partial charge in [0.25, 0.3) is 0 Å². The van der Waals surface area contributed by atoms with Crippen molar-refractivity contribution < 1.29 is 0 Å². The Morgan fingerprint density at radius 3 is 1.15 bits per heavy atom. The molecule has 0 unspecified atom stereocenters. The molecule has 0 nitrogen and oxygen atoms in total. The molecule has 0 radical (unpaired) electrons. The van der Waals surface area contributed by atoms with E-state index in [1.54, 1.807) is 10.4 Å². The zero-order valence-electron chi connectivity index (χ0n) is 16.7. The minimum Gasteiger partial charge on any atom is -0.0650 e. The molecule has 0 amide bonds. The van der Waals surface area contributed by atoms with Gasteiger partial charge in [-0.05, 0) is 10.2 Å². The van der Waals surface area contributed by atoms with Crippen LogP contribution in [0, 0.1) is 0 Å². The third-order valence-corrected chi connectivity index (χ3v) is 19.7. The largest absolute Gasteiger partial charge is 0.0884 e. The molecular weight excluding hydrogens is 344 g/mol. The highest BCUT2D eigenvalue weighted by molar-refractivity contribution is 7.09. The lowest BCUT2D eigenvalue weighted by Crippen LogP contribution is -2.73. The summed E-state index contributed by atoms with van der Waals surface area (Å²) in [6, 6.07) is 33.7. The number of benzene rings is 3. The summed E-state index contributed by atoms with van der Waals surface area (Å²) in [4.78, 5) is 0. The molecule has 0 saturated heterocycles. The van der Waals surface area contributed by atoms with Crippen molar-refractivity contribution in [2.75, 3.05) is 0 Å². The molecule has 0 atom stereocenters. The van der Waals surface area contributed by atoms with Crippen molar-refractivity contribution in [3.8, 4) is 0 Å². The van der Waals surface area contributed by atoms with Gasteiger partial charge in [-0.2, -0.15) is 0 Å². The SMILES string of the molecule is CC(c1ccccc1)([Si](C)(C)c1ccccc1)[Si](C)(C)c1ccccc1. The minimum atomic E-state index is -1.83. The molecule has 3 aromatic rings. The van der Waals surface area contributed by atoms with Gasteiger partial charge in [0.1, 0.15) is 0 Å². The second-order valence-corrected chi connectivity index (χ2v) is 18.6. The number of rotatable bonds is 5. The molecule has 0 fully saturated rings. The van der Waals surface area contributed by atoms with E-state index >= 15 is 0 Å². The number of hydrogen-bond donors (Lipinski definition) is 0. The molecule has 2 heteroatoms. The number of hydrogen-bond acceptors (Lipinski definition) is 0. The van der Waals surface area contributed by atoms with Crippen LogP contribution in [0.25, 0.3) is 0 Å². The Morgan fingerprint density at radius 2 is 0.808 bits per heavy atom. The van der Waals surface area contributed by atoms with E-state index in [1.807, 2.05) is 0 Å². The summed E-state index contributed by atoms with van der Waals surface area (Å²) < 4.78 is 0.171. The average Bonchev–Trinajstić information content (AvgIpc) is 2.69. The van der Waals surface area contributed by atoms with Crippen LogP contribution in [-0.4, -0.2) is 16.1 Å². The fourth-order valence-electron chi connectivity index (χ4n) is 4.56. The topological polar surface area (TPSA) is 0 Å². The second kappa shape index (κ2) is 7.01. The first kappa shape index (κ1) is 18.9. The summed E-state index contributed by atoms with van der Waals surface area (Å²) in [6.45, 7) is 12.8. The highest BCUT2D eigenvalue weighted by atomic mass is 28.4. The van der Waals surface area contributed by atoms with E-state index in [0.717, 1.165) is 0 Å². The minimum absolute atomic E-state index is 0.171. The molecule has 26 heavy (non-hydrogen) atoms. The van der Waals surface area contributed by atoms with Crippen molar-refractivity contribution in [1.82, 2.24) is 0 Å². The van der Waals surface area contributed by atoms with Crippen LogP contribution in [0.4, 0.5) is 0 Å². The first-order chi connectivity index (χ1) is 12.3. The van der Waals surface area contributed by atoms with Crippen LogP contribution in [-0.2, 0) is 4.66 Å². The lowest BCUT2D eigenvalue weighted by Gasteiger charge is -2.53. The predicted octanol–water partition coefficient (Wildman–Crippen LogP) is 5.25. The third kappa shape index (κ3) is 2.91. The zero-order chi connectivity index (χ0) is 18.8. The molecule has 0 spiro atoms. The van der Waals surface area contributed by atoms with Gasteiger partial charge in [-0.3, -0.25) is 0 Å². The van der Waals surface area contributed by atoms with Crippen molar-refractivity contribution in [2.24, 2.45) is 0 Å². The maximum atomic E-state index is 2.56. The molecule has 0 bridgehead atoms. The van der Waals surface area contributed by atoms with Gasteiger partial charge in [-0.15, -0.1) is 0 Å². The van der Waals surface area contributed by atoms with Crippen LogP contribution in [0.5, 0.6) is 0 Å². The fraction of sp³-hybridized carbons (Fsp3) is 0.250. The van der Waals surface area contributed by atoms with Crippen molar-refractivity contribution in [2.45, 2.75) is 37.8 Å². The van der Waals surface area contributed by atoms with Crippen LogP contribution in [0.3, 0.4) is 0 Å². The monoisotopic (exact) mass is 374 g/mol. The van der Waals surface area contributed by atoms with Crippen molar-refractivity contribution >= 4 is 26.5 Å². The van der Waals surface area contributed by atoms with Crippen molar-refractivity contribution in [3.05, 3.63) is 96.6 Å². The van der Waals surface area contributed by atoms with Gasteiger partial charge in [0.2, 0.25) is 0 Å².